The summed E-state index contributed by atoms with van der Waals surface area (Å²) in [5.41, 5.74) is 25.6. The molecule has 4 aliphatic rings. The van der Waals surface area contributed by atoms with Gasteiger partial charge in [-0.3, -0.25) is 0 Å². The fourth-order valence-electron chi connectivity index (χ4n) is 13.1. The Hall–Kier alpha value is -8.08. The van der Waals surface area contributed by atoms with Crippen LogP contribution in [0.25, 0.3) is 100.0 Å². The highest BCUT2D eigenvalue weighted by Crippen LogP contribution is 2.45. The highest BCUT2D eigenvalue weighted by atomic mass is 15.0. The van der Waals surface area contributed by atoms with Crippen LogP contribution < -0.4 is 0 Å². The van der Waals surface area contributed by atoms with E-state index in [0.29, 0.717) is 0 Å². The normalized spacial score (nSPS) is 11.3. The van der Waals surface area contributed by atoms with Crippen LogP contribution in [0.5, 0.6) is 0 Å². The number of allylic oxidation sites excluding steroid dienone is 2. The third-order valence-corrected chi connectivity index (χ3v) is 16.1. The molecule has 4 heterocycles. The lowest BCUT2D eigenvalue weighted by Gasteiger charge is -2.07. The van der Waals surface area contributed by atoms with Crippen LogP contribution in [-0.4, -0.2) is 18.3 Å². The topological polar surface area (TPSA) is 19.7 Å². The standard InChI is InChI=1S/4C17H15N.8C2H6/c2*1-2-18-15-9-4-3-7-14(15)17-13-8-5-6-12(13)10-11-16(17)18;1-2-18-16-10-6-5-9-14(16)15-11-12-7-3-4-8-13(12)17(15)18;1-2-18-15-10-6-5-9-14(15)17-13-8-4-3-7-12(13)11-16(17)18;8*1-2/h3-5,7-11H,2,6H2,1H3;3-7,9-11H,2,8H2,1H3;2*3-10H,2,11H2,1H3;8*1-2H3. The molecular weight excluding hydrogens is 1060 g/mol. The van der Waals surface area contributed by atoms with Gasteiger partial charge in [0, 0.05) is 121 Å². The monoisotopic (exact) mass is 1170 g/mol. The number of aromatic nitrogens is 4. The molecule has 4 heteroatoms. The number of hydrogen-bond donors (Lipinski definition) is 0. The molecule has 0 aliphatic heterocycles. The van der Waals surface area contributed by atoms with Crippen molar-refractivity contribution in [2.75, 3.05) is 0 Å². The van der Waals surface area contributed by atoms with E-state index >= 15 is 0 Å². The Balaban J connectivity index is 0.000000198. The molecule has 0 N–H and O–H groups in total. The Morgan fingerprint density at radius 3 is 1.28 bits per heavy atom. The fraction of sp³-hybridized carbons (Fsp3) is 0.333. The predicted molar refractivity (Wildman–Crippen MR) is 398 cm³/mol. The largest absolute Gasteiger partial charge is 0.344 e. The SMILES string of the molecule is CC.CC.CC.CC.CC.CC.CC.CC.CCn1c2c(c3ccccc31)-c1ccccc1C2.CCn1c2c(c3ccccc31)Cc1ccccc1-2.CCn1c2ccccc2c2c3c(ccc21)C=CC3.CCn1c2ccccc2c2c3c(ccc21)CC=C3. The summed E-state index contributed by atoms with van der Waals surface area (Å²) in [5, 5.41) is 8.49. The molecule has 0 saturated heterocycles. The molecule has 0 spiro atoms. The third-order valence-electron chi connectivity index (χ3n) is 16.1. The second-order valence-electron chi connectivity index (χ2n) is 19.6. The second kappa shape index (κ2) is 35.7. The smallest absolute Gasteiger partial charge is 0.0530 e. The van der Waals surface area contributed by atoms with E-state index in [1.165, 1.54) is 132 Å². The van der Waals surface area contributed by atoms with E-state index in [-0.39, 0.29) is 0 Å². The van der Waals surface area contributed by atoms with Gasteiger partial charge in [0.2, 0.25) is 0 Å². The molecule has 16 rings (SSSR count). The summed E-state index contributed by atoms with van der Waals surface area (Å²) in [4.78, 5) is 0. The van der Waals surface area contributed by atoms with E-state index in [9.17, 15) is 0 Å². The second-order valence-corrected chi connectivity index (χ2v) is 19.6. The predicted octanol–water partition coefficient (Wildman–Crippen LogP) is 25.4. The number of para-hydroxylation sites is 4. The van der Waals surface area contributed by atoms with Gasteiger partial charge in [0.1, 0.15) is 0 Å². The van der Waals surface area contributed by atoms with Crippen molar-refractivity contribution in [1.82, 2.24) is 18.3 Å². The van der Waals surface area contributed by atoms with E-state index in [1.54, 1.807) is 0 Å². The lowest BCUT2D eigenvalue weighted by atomic mass is 10.0. The van der Waals surface area contributed by atoms with Crippen molar-refractivity contribution in [3.05, 3.63) is 227 Å². The number of hydrogen-bond acceptors (Lipinski definition) is 0. The van der Waals surface area contributed by atoms with Crippen LogP contribution in [0.15, 0.2) is 182 Å². The first-order valence-corrected chi connectivity index (χ1v) is 34.3. The molecular formula is C84H108N4. The number of aryl methyl sites for hydroxylation is 4. The minimum absolute atomic E-state index is 1.02. The maximum atomic E-state index is 2.46. The fourth-order valence-corrected chi connectivity index (χ4v) is 13.1. The van der Waals surface area contributed by atoms with Crippen LogP contribution >= 0.6 is 0 Å². The van der Waals surface area contributed by atoms with Crippen LogP contribution in [0.1, 0.15) is 183 Å². The van der Waals surface area contributed by atoms with Gasteiger partial charge in [-0.15, -0.1) is 0 Å². The molecule has 0 radical (unpaired) electrons. The van der Waals surface area contributed by atoms with Crippen molar-refractivity contribution < 1.29 is 0 Å². The Kier molecular flexibility index (Phi) is 28.6. The quantitative estimate of drug-likeness (QED) is 0.167. The van der Waals surface area contributed by atoms with E-state index in [4.69, 9.17) is 0 Å². The Bertz CT molecular complexity index is 4150. The number of nitrogens with zero attached hydrogens (tertiary/aromatic N) is 4. The van der Waals surface area contributed by atoms with Crippen LogP contribution in [0, 0.1) is 0 Å². The van der Waals surface area contributed by atoms with Crippen LogP contribution in [0.2, 0.25) is 0 Å². The van der Waals surface area contributed by atoms with Gasteiger partial charge in [0.05, 0.1) is 5.69 Å². The van der Waals surface area contributed by atoms with Crippen molar-refractivity contribution in [1.29, 1.82) is 0 Å². The Morgan fingerprint density at radius 1 is 0.307 bits per heavy atom. The first-order chi connectivity index (χ1) is 43.6. The average Bonchev–Trinajstić information content (AvgIpc) is 1.94. The minimum atomic E-state index is 1.02. The molecule has 0 atom stereocenters. The molecule has 4 aliphatic carbocycles. The van der Waals surface area contributed by atoms with Gasteiger partial charge in [-0.05, 0) is 121 Å². The molecule has 0 bridgehead atoms. The van der Waals surface area contributed by atoms with E-state index in [1.807, 2.05) is 111 Å². The van der Waals surface area contributed by atoms with Crippen molar-refractivity contribution in [2.45, 2.75) is 190 Å². The van der Waals surface area contributed by atoms with Crippen LogP contribution in [-0.2, 0) is 51.9 Å². The molecule has 12 aromatic rings. The van der Waals surface area contributed by atoms with Crippen molar-refractivity contribution in [3.63, 3.8) is 0 Å². The average molecular weight is 1170 g/mol. The van der Waals surface area contributed by atoms with Gasteiger partial charge < -0.3 is 18.3 Å². The lowest BCUT2D eigenvalue weighted by molar-refractivity contribution is 0.759. The summed E-state index contributed by atoms with van der Waals surface area (Å²) in [6.45, 7) is 45.0. The van der Waals surface area contributed by atoms with Crippen molar-refractivity contribution in [3.8, 4) is 22.4 Å². The molecule has 0 amide bonds. The minimum Gasteiger partial charge on any atom is -0.344 e. The number of rotatable bonds is 4. The molecule has 8 aromatic carbocycles. The molecule has 464 valence electrons. The van der Waals surface area contributed by atoms with Gasteiger partial charge in [0.15, 0.2) is 0 Å². The molecule has 88 heavy (non-hydrogen) atoms. The maximum Gasteiger partial charge on any atom is 0.0530 e. The van der Waals surface area contributed by atoms with Crippen molar-refractivity contribution >= 4 is 77.6 Å². The zero-order valence-electron chi connectivity index (χ0n) is 57.9. The molecule has 4 nitrogen and oxygen atoms in total. The summed E-state index contributed by atoms with van der Waals surface area (Å²) in [7, 11) is 0. The third kappa shape index (κ3) is 13.6. The van der Waals surface area contributed by atoms with E-state index < -0.39 is 0 Å². The van der Waals surface area contributed by atoms with Crippen LogP contribution in [0.3, 0.4) is 0 Å². The summed E-state index contributed by atoms with van der Waals surface area (Å²) in [6, 6.07) is 61.7. The lowest BCUT2D eigenvalue weighted by Crippen LogP contribution is -1.99. The van der Waals surface area contributed by atoms with E-state index in [0.717, 1.165) is 51.9 Å². The highest BCUT2D eigenvalue weighted by Gasteiger charge is 2.27. The zero-order valence-corrected chi connectivity index (χ0v) is 57.9. The zero-order chi connectivity index (χ0) is 64.5. The van der Waals surface area contributed by atoms with Gasteiger partial charge >= 0.3 is 0 Å². The Morgan fingerprint density at radius 2 is 0.727 bits per heavy atom. The summed E-state index contributed by atoms with van der Waals surface area (Å²) in [5.74, 6) is 0. The van der Waals surface area contributed by atoms with Gasteiger partial charge in [0.25, 0.3) is 0 Å². The Labute approximate surface area is 532 Å². The first kappa shape index (κ1) is 70.7. The van der Waals surface area contributed by atoms with Gasteiger partial charge in [-0.2, -0.15) is 0 Å². The molecule has 0 saturated carbocycles. The summed E-state index contributed by atoms with van der Waals surface area (Å²) >= 11 is 0. The highest BCUT2D eigenvalue weighted by molar-refractivity contribution is 6.13. The maximum absolute atomic E-state index is 2.46. The van der Waals surface area contributed by atoms with Crippen molar-refractivity contribution in [2.24, 2.45) is 0 Å². The van der Waals surface area contributed by atoms with Crippen LogP contribution in [0.4, 0.5) is 0 Å². The first-order valence-electron chi connectivity index (χ1n) is 34.3. The van der Waals surface area contributed by atoms with E-state index in [2.05, 4.69) is 240 Å². The molecule has 4 aromatic heterocycles. The summed E-state index contributed by atoms with van der Waals surface area (Å²) in [6.07, 6.45) is 13.4. The molecule has 0 unspecified atom stereocenters. The van der Waals surface area contributed by atoms with Gasteiger partial charge in [-0.25, -0.2) is 0 Å². The van der Waals surface area contributed by atoms with Gasteiger partial charge in [-0.1, -0.05) is 269 Å². The number of benzene rings is 8. The summed E-state index contributed by atoms with van der Waals surface area (Å²) < 4.78 is 9.75. The number of fused-ring (bicyclic) bond motifs is 20. The molecule has 0 fully saturated rings.